The van der Waals surface area contributed by atoms with Gasteiger partial charge in [-0.2, -0.15) is 5.10 Å². The van der Waals surface area contributed by atoms with Crippen LogP contribution in [0.2, 0.25) is 0 Å². The molecule has 5 nitrogen and oxygen atoms in total. The van der Waals surface area contributed by atoms with Crippen molar-refractivity contribution >= 4 is 12.2 Å². The van der Waals surface area contributed by atoms with Gasteiger partial charge in [0.15, 0.2) is 0 Å². The zero-order chi connectivity index (χ0) is 15.1. The van der Waals surface area contributed by atoms with Crippen LogP contribution in [0.1, 0.15) is 16.7 Å². The largest absolute Gasteiger partial charge is 0.489 e. The Morgan fingerprint density at radius 3 is 2.76 bits per heavy atom. The van der Waals surface area contributed by atoms with Crippen molar-refractivity contribution in [1.29, 1.82) is 0 Å². The molecule has 3 N–H and O–H groups in total. The highest BCUT2D eigenvalue weighted by Gasteiger charge is 1.97. The Bertz CT molecular complexity index is 636. The molecule has 0 bridgehead atoms. The number of hydrazone groups is 1. The van der Waals surface area contributed by atoms with E-state index in [1.54, 1.807) is 0 Å². The fourth-order valence-corrected chi connectivity index (χ4v) is 1.71. The highest BCUT2D eigenvalue weighted by Crippen LogP contribution is 2.14. The number of urea groups is 1. The summed E-state index contributed by atoms with van der Waals surface area (Å²) in [4.78, 5) is 10.5. The van der Waals surface area contributed by atoms with Gasteiger partial charge >= 0.3 is 6.03 Å². The van der Waals surface area contributed by atoms with Crippen molar-refractivity contribution in [2.45, 2.75) is 13.5 Å². The van der Waals surface area contributed by atoms with Gasteiger partial charge in [0.2, 0.25) is 0 Å². The monoisotopic (exact) mass is 283 g/mol. The number of hydrogen-bond donors (Lipinski definition) is 2. The number of nitrogens with one attached hydrogen (secondary N) is 1. The highest BCUT2D eigenvalue weighted by molar-refractivity contribution is 5.81. The minimum absolute atomic E-state index is 0.500. The van der Waals surface area contributed by atoms with E-state index in [1.807, 2.05) is 43.3 Å². The van der Waals surface area contributed by atoms with Crippen molar-refractivity contribution in [3.63, 3.8) is 0 Å². The summed E-state index contributed by atoms with van der Waals surface area (Å²) in [5.74, 6) is 0.735. The van der Waals surface area contributed by atoms with E-state index in [1.165, 1.54) is 11.8 Å². The van der Waals surface area contributed by atoms with Crippen molar-refractivity contribution in [1.82, 2.24) is 5.43 Å². The van der Waals surface area contributed by atoms with Crippen molar-refractivity contribution in [3.8, 4) is 5.75 Å². The summed E-state index contributed by atoms with van der Waals surface area (Å²) in [6, 6.07) is 14.9. The van der Waals surface area contributed by atoms with Gasteiger partial charge in [0, 0.05) is 0 Å². The van der Waals surface area contributed by atoms with Gasteiger partial charge in [-0.25, -0.2) is 10.2 Å². The number of primary amides is 1. The molecule has 2 aromatic rings. The molecule has 0 aliphatic heterocycles. The first-order valence-corrected chi connectivity index (χ1v) is 6.50. The first-order valence-electron chi connectivity index (χ1n) is 6.50. The second-order valence-electron chi connectivity index (χ2n) is 4.58. The summed E-state index contributed by atoms with van der Waals surface area (Å²) in [6.45, 7) is 2.55. The molecule has 0 radical (unpaired) electrons. The fourth-order valence-electron chi connectivity index (χ4n) is 1.71. The molecule has 21 heavy (non-hydrogen) atoms. The Labute approximate surface area is 123 Å². The number of benzene rings is 2. The molecule has 2 rings (SSSR count). The summed E-state index contributed by atoms with van der Waals surface area (Å²) in [5, 5.41) is 3.71. The fraction of sp³-hybridized carbons (Fsp3) is 0.125. The van der Waals surface area contributed by atoms with Crippen LogP contribution in [0.5, 0.6) is 5.75 Å². The molecular formula is C16H17N3O2. The van der Waals surface area contributed by atoms with Crippen LogP contribution in [0.4, 0.5) is 4.79 Å². The van der Waals surface area contributed by atoms with Crippen LogP contribution in [-0.2, 0) is 6.61 Å². The third-order valence-corrected chi connectivity index (χ3v) is 2.77. The summed E-state index contributed by atoms with van der Waals surface area (Å²) >= 11 is 0. The third-order valence-electron chi connectivity index (χ3n) is 2.77. The summed E-state index contributed by atoms with van der Waals surface area (Å²) in [6.07, 6.45) is 1.50. The Hall–Kier alpha value is -2.82. The number of aryl methyl sites for hydroxylation is 1. The number of ether oxygens (including phenoxy) is 1. The molecule has 0 atom stereocenters. The van der Waals surface area contributed by atoms with Crippen LogP contribution in [0.15, 0.2) is 53.6 Å². The van der Waals surface area contributed by atoms with E-state index in [2.05, 4.69) is 22.7 Å². The molecule has 0 aliphatic rings. The van der Waals surface area contributed by atoms with E-state index >= 15 is 0 Å². The minimum Gasteiger partial charge on any atom is -0.489 e. The molecule has 0 heterocycles. The molecule has 5 heteroatoms. The summed E-state index contributed by atoms with van der Waals surface area (Å²) < 4.78 is 5.73. The molecule has 0 aliphatic carbocycles. The lowest BCUT2D eigenvalue weighted by atomic mass is 10.2. The lowest BCUT2D eigenvalue weighted by Gasteiger charge is -2.07. The Morgan fingerprint density at radius 2 is 2.05 bits per heavy atom. The Balaban J connectivity index is 1.96. The van der Waals surface area contributed by atoms with Gasteiger partial charge in [0.05, 0.1) is 6.21 Å². The van der Waals surface area contributed by atoms with Gasteiger partial charge in [-0.15, -0.1) is 0 Å². The van der Waals surface area contributed by atoms with E-state index < -0.39 is 6.03 Å². The molecule has 2 aromatic carbocycles. The van der Waals surface area contributed by atoms with Gasteiger partial charge in [-0.1, -0.05) is 42.0 Å². The van der Waals surface area contributed by atoms with E-state index in [0.717, 1.165) is 16.9 Å². The molecule has 0 saturated carbocycles. The average Bonchev–Trinajstić information content (AvgIpc) is 2.47. The second kappa shape index (κ2) is 7.09. The van der Waals surface area contributed by atoms with Crippen LogP contribution in [0.3, 0.4) is 0 Å². The number of carbonyl (C=O) groups excluding carboxylic acids is 1. The van der Waals surface area contributed by atoms with Crippen LogP contribution in [-0.4, -0.2) is 12.2 Å². The number of amides is 2. The SMILES string of the molecule is Cc1ccc(COc2cccc(/C=N/NC(N)=O)c2)cc1. The van der Waals surface area contributed by atoms with Gasteiger partial charge in [-0.05, 0) is 30.2 Å². The first kappa shape index (κ1) is 14.6. The smallest absolute Gasteiger partial charge is 0.332 e. The van der Waals surface area contributed by atoms with Crippen molar-refractivity contribution in [2.75, 3.05) is 0 Å². The maximum atomic E-state index is 10.5. The van der Waals surface area contributed by atoms with Gasteiger partial charge < -0.3 is 10.5 Å². The topological polar surface area (TPSA) is 76.7 Å². The van der Waals surface area contributed by atoms with Gasteiger partial charge in [-0.3, -0.25) is 0 Å². The van der Waals surface area contributed by atoms with Crippen LogP contribution >= 0.6 is 0 Å². The third kappa shape index (κ3) is 4.99. The molecule has 108 valence electrons. The van der Waals surface area contributed by atoms with Crippen LogP contribution in [0, 0.1) is 6.92 Å². The maximum absolute atomic E-state index is 10.5. The van der Waals surface area contributed by atoms with Crippen molar-refractivity contribution < 1.29 is 9.53 Å². The summed E-state index contributed by atoms with van der Waals surface area (Å²) in [5.41, 5.74) is 10.2. The zero-order valence-corrected chi connectivity index (χ0v) is 11.7. The van der Waals surface area contributed by atoms with Crippen molar-refractivity contribution in [2.24, 2.45) is 10.8 Å². The minimum atomic E-state index is -0.696. The van der Waals surface area contributed by atoms with E-state index in [4.69, 9.17) is 10.5 Å². The number of hydrogen-bond acceptors (Lipinski definition) is 3. The number of nitrogens with two attached hydrogens (primary N) is 1. The molecule has 0 spiro atoms. The molecule has 2 amide bonds. The normalized spacial score (nSPS) is 10.5. The van der Waals surface area contributed by atoms with E-state index in [9.17, 15) is 4.79 Å². The Morgan fingerprint density at radius 1 is 1.29 bits per heavy atom. The molecule has 0 fully saturated rings. The number of rotatable bonds is 5. The van der Waals surface area contributed by atoms with E-state index in [0.29, 0.717) is 6.61 Å². The number of nitrogens with zero attached hydrogens (tertiary/aromatic N) is 1. The molecule has 0 unspecified atom stereocenters. The lowest BCUT2D eigenvalue weighted by molar-refractivity contribution is 0.249. The molecule has 0 saturated heterocycles. The standard InChI is InChI=1S/C16H17N3O2/c1-12-5-7-13(8-6-12)11-21-15-4-2-3-14(9-15)10-18-19-16(17)20/h2-10H,11H2,1H3,(H3,17,19,20)/b18-10+. The zero-order valence-electron chi connectivity index (χ0n) is 11.7. The summed E-state index contributed by atoms with van der Waals surface area (Å²) in [7, 11) is 0. The van der Waals surface area contributed by atoms with Gasteiger partial charge in [0.25, 0.3) is 0 Å². The highest BCUT2D eigenvalue weighted by atomic mass is 16.5. The quantitative estimate of drug-likeness (QED) is 0.653. The second-order valence-corrected chi connectivity index (χ2v) is 4.58. The predicted octanol–water partition coefficient (Wildman–Crippen LogP) is 2.58. The molecule has 0 aromatic heterocycles. The van der Waals surface area contributed by atoms with Gasteiger partial charge in [0.1, 0.15) is 12.4 Å². The van der Waals surface area contributed by atoms with Crippen LogP contribution < -0.4 is 15.9 Å². The average molecular weight is 283 g/mol. The number of carbonyl (C=O) groups is 1. The molecular weight excluding hydrogens is 266 g/mol. The van der Waals surface area contributed by atoms with E-state index in [-0.39, 0.29) is 0 Å². The maximum Gasteiger partial charge on any atom is 0.332 e. The predicted molar refractivity (Wildman–Crippen MR) is 82.3 cm³/mol. The van der Waals surface area contributed by atoms with Crippen LogP contribution in [0.25, 0.3) is 0 Å². The lowest BCUT2D eigenvalue weighted by Crippen LogP contribution is -2.24. The Kier molecular flexibility index (Phi) is 4.93. The van der Waals surface area contributed by atoms with Crippen molar-refractivity contribution in [3.05, 3.63) is 65.2 Å². The first-order chi connectivity index (χ1) is 10.1.